The van der Waals surface area contributed by atoms with Crippen LogP contribution >= 0.6 is 0 Å². The SMILES string of the molecule is COc1cc(OC)cc(C(=O)O[C@H](CC(C)C)c2ccccn2)c1. The van der Waals surface area contributed by atoms with Crippen molar-refractivity contribution in [1.82, 2.24) is 4.98 Å². The fraction of sp³-hybridized carbons (Fsp3) is 0.368. The maximum atomic E-state index is 12.6. The normalized spacial score (nSPS) is 11.9. The van der Waals surface area contributed by atoms with Gasteiger partial charge in [0.15, 0.2) is 0 Å². The molecule has 0 amide bonds. The summed E-state index contributed by atoms with van der Waals surface area (Å²) in [6.45, 7) is 4.16. The molecule has 0 N–H and O–H groups in total. The molecule has 1 aromatic heterocycles. The second-order valence-corrected chi connectivity index (χ2v) is 5.88. The molecule has 0 unspecified atom stereocenters. The second-order valence-electron chi connectivity index (χ2n) is 5.88. The number of hydrogen-bond acceptors (Lipinski definition) is 5. The molecule has 5 nitrogen and oxygen atoms in total. The van der Waals surface area contributed by atoms with Gasteiger partial charge in [0.05, 0.1) is 25.5 Å². The van der Waals surface area contributed by atoms with Gasteiger partial charge in [0, 0.05) is 12.3 Å². The van der Waals surface area contributed by atoms with Crippen molar-refractivity contribution in [3.63, 3.8) is 0 Å². The van der Waals surface area contributed by atoms with Crippen molar-refractivity contribution in [2.24, 2.45) is 5.92 Å². The predicted octanol–water partition coefficient (Wildman–Crippen LogP) is 4.04. The van der Waals surface area contributed by atoms with Crippen molar-refractivity contribution in [2.75, 3.05) is 14.2 Å². The lowest BCUT2D eigenvalue weighted by Crippen LogP contribution is -2.15. The number of methoxy groups -OCH3 is 2. The van der Waals surface area contributed by atoms with Crippen molar-refractivity contribution in [3.8, 4) is 11.5 Å². The molecule has 0 bridgehead atoms. The quantitative estimate of drug-likeness (QED) is 0.717. The van der Waals surface area contributed by atoms with E-state index in [1.54, 1.807) is 38.6 Å². The lowest BCUT2D eigenvalue weighted by atomic mass is 10.0. The second kappa shape index (κ2) is 8.34. The number of hydrogen-bond donors (Lipinski definition) is 0. The van der Waals surface area contributed by atoms with Gasteiger partial charge in [-0.3, -0.25) is 4.98 Å². The van der Waals surface area contributed by atoms with E-state index in [9.17, 15) is 4.79 Å². The fourth-order valence-electron chi connectivity index (χ4n) is 2.35. The highest BCUT2D eigenvalue weighted by atomic mass is 16.5. The maximum absolute atomic E-state index is 12.6. The molecule has 1 heterocycles. The average molecular weight is 329 g/mol. The molecular weight excluding hydrogens is 306 g/mol. The van der Waals surface area contributed by atoms with Crippen LogP contribution in [0.15, 0.2) is 42.6 Å². The summed E-state index contributed by atoms with van der Waals surface area (Å²) in [4.78, 5) is 16.9. The molecule has 24 heavy (non-hydrogen) atoms. The highest BCUT2D eigenvalue weighted by Crippen LogP contribution is 2.27. The summed E-state index contributed by atoms with van der Waals surface area (Å²) >= 11 is 0. The first-order valence-corrected chi connectivity index (χ1v) is 7.88. The van der Waals surface area contributed by atoms with Crippen LogP contribution in [-0.2, 0) is 4.74 Å². The Balaban J connectivity index is 2.24. The molecule has 1 atom stereocenters. The Morgan fingerprint density at radius 3 is 2.25 bits per heavy atom. The van der Waals surface area contributed by atoms with Crippen LogP contribution in [0.25, 0.3) is 0 Å². The topological polar surface area (TPSA) is 57.7 Å². The van der Waals surface area contributed by atoms with Gasteiger partial charge in [0.2, 0.25) is 0 Å². The van der Waals surface area contributed by atoms with E-state index in [2.05, 4.69) is 18.8 Å². The van der Waals surface area contributed by atoms with Crippen molar-refractivity contribution >= 4 is 5.97 Å². The molecule has 0 fully saturated rings. The Morgan fingerprint density at radius 1 is 1.08 bits per heavy atom. The Labute approximate surface area is 142 Å². The van der Waals surface area contributed by atoms with Gasteiger partial charge in [0.25, 0.3) is 0 Å². The standard InChI is InChI=1S/C19H23NO4/c1-13(2)9-18(17-7-5-6-8-20-17)24-19(21)14-10-15(22-3)12-16(11-14)23-4/h5-8,10-13,18H,9H2,1-4H3/t18-/m1/s1. The summed E-state index contributed by atoms with van der Waals surface area (Å²) < 4.78 is 16.1. The number of benzene rings is 1. The molecule has 0 aliphatic carbocycles. The Hall–Kier alpha value is -2.56. The van der Waals surface area contributed by atoms with E-state index in [0.29, 0.717) is 29.4 Å². The molecule has 0 aliphatic heterocycles. The van der Waals surface area contributed by atoms with Crippen LogP contribution in [0.2, 0.25) is 0 Å². The molecule has 2 rings (SSSR count). The summed E-state index contributed by atoms with van der Waals surface area (Å²) in [5.41, 5.74) is 1.13. The van der Waals surface area contributed by atoms with Gasteiger partial charge in [-0.25, -0.2) is 4.79 Å². The summed E-state index contributed by atoms with van der Waals surface area (Å²) in [7, 11) is 3.08. The third-order valence-corrected chi connectivity index (χ3v) is 3.54. The minimum atomic E-state index is -0.427. The van der Waals surface area contributed by atoms with E-state index >= 15 is 0 Å². The van der Waals surface area contributed by atoms with Crippen LogP contribution in [-0.4, -0.2) is 25.2 Å². The lowest BCUT2D eigenvalue weighted by Gasteiger charge is -2.19. The van der Waals surface area contributed by atoms with E-state index in [1.165, 1.54) is 0 Å². The minimum Gasteiger partial charge on any atom is -0.497 e. The van der Waals surface area contributed by atoms with E-state index in [-0.39, 0.29) is 0 Å². The molecule has 0 spiro atoms. The number of pyridine rings is 1. The largest absolute Gasteiger partial charge is 0.497 e. The van der Waals surface area contributed by atoms with Gasteiger partial charge < -0.3 is 14.2 Å². The Morgan fingerprint density at radius 2 is 1.75 bits per heavy atom. The van der Waals surface area contributed by atoms with Crippen molar-refractivity contribution in [2.45, 2.75) is 26.4 Å². The fourth-order valence-corrected chi connectivity index (χ4v) is 2.35. The number of esters is 1. The van der Waals surface area contributed by atoms with E-state index in [1.807, 2.05) is 18.2 Å². The smallest absolute Gasteiger partial charge is 0.339 e. The van der Waals surface area contributed by atoms with Gasteiger partial charge in [-0.1, -0.05) is 19.9 Å². The first kappa shape index (κ1) is 17.8. The van der Waals surface area contributed by atoms with E-state index in [4.69, 9.17) is 14.2 Å². The van der Waals surface area contributed by atoms with E-state index < -0.39 is 12.1 Å². The van der Waals surface area contributed by atoms with Crippen molar-refractivity contribution in [3.05, 3.63) is 53.9 Å². The summed E-state index contributed by atoms with van der Waals surface area (Å²) in [5.74, 6) is 1.02. The average Bonchev–Trinajstić information content (AvgIpc) is 2.60. The zero-order valence-corrected chi connectivity index (χ0v) is 14.5. The predicted molar refractivity (Wildman–Crippen MR) is 91.4 cm³/mol. The van der Waals surface area contributed by atoms with Crippen LogP contribution < -0.4 is 9.47 Å². The number of nitrogens with zero attached hydrogens (tertiary/aromatic N) is 1. The molecule has 2 aromatic rings. The monoisotopic (exact) mass is 329 g/mol. The van der Waals surface area contributed by atoms with Gasteiger partial charge in [-0.15, -0.1) is 0 Å². The first-order valence-electron chi connectivity index (χ1n) is 7.88. The molecule has 0 saturated heterocycles. The molecule has 1 aromatic carbocycles. The molecule has 0 saturated carbocycles. The van der Waals surface area contributed by atoms with Gasteiger partial charge in [-0.2, -0.15) is 0 Å². The molecular formula is C19H23NO4. The Bertz CT molecular complexity index is 648. The summed E-state index contributed by atoms with van der Waals surface area (Å²) in [6, 6.07) is 10.6. The third-order valence-electron chi connectivity index (χ3n) is 3.54. The van der Waals surface area contributed by atoms with Crippen LogP contribution in [0.1, 0.15) is 42.4 Å². The highest BCUT2D eigenvalue weighted by molar-refractivity contribution is 5.90. The first-order chi connectivity index (χ1) is 11.5. The van der Waals surface area contributed by atoms with Gasteiger partial charge >= 0.3 is 5.97 Å². The van der Waals surface area contributed by atoms with Crippen molar-refractivity contribution in [1.29, 1.82) is 0 Å². The van der Waals surface area contributed by atoms with Crippen LogP contribution in [0.3, 0.4) is 0 Å². The number of carbonyl (C=O) groups is 1. The molecule has 0 radical (unpaired) electrons. The van der Waals surface area contributed by atoms with Crippen LogP contribution in [0, 0.1) is 5.92 Å². The van der Waals surface area contributed by atoms with Crippen LogP contribution in [0.4, 0.5) is 0 Å². The molecule has 5 heteroatoms. The van der Waals surface area contributed by atoms with Gasteiger partial charge in [0.1, 0.15) is 17.6 Å². The van der Waals surface area contributed by atoms with E-state index in [0.717, 1.165) is 5.69 Å². The summed E-state index contributed by atoms with van der Waals surface area (Å²) in [5, 5.41) is 0. The van der Waals surface area contributed by atoms with Crippen molar-refractivity contribution < 1.29 is 19.0 Å². The molecule has 128 valence electrons. The zero-order valence-electron chi connectivity index (χ0n) is 14.5. The number of rotatable bonds is 7. The minimum absolute atomic E-state index is 0.365. The summed E-state index contributed by atoms with van der Waals surface area (Å²) in [6.07, 6.45) is 2.01. The molecule has 0 aliphatic rings. The zero-order chi connectivity index (χ0) is 17.5. The van der Waals surface area contributed by atoms with Crippen LogP contribution in [0.5, 0.6) is 11.5 Å². The number of aromatic nitrogens is 1. The number of carbonyl (C=O) groups excluding carboxylic acids is 1. The maximum Gasteiger partial charge on any atom is 0.339 e. The highest BCUT2D eigenvalue weighted by Gasteiger charge is 2.21. The lowest BCUT2D eigenvalue weighted by molar-refractivity contribution is 0.0236. The number of ether oxygens (including phenoxy) is 3. The Kier molecular flexibility index (Phi) is 6.18. The third kappa shape index (κ3) is 4.72. The van der Waals surface area contributed by atoms with Gasteiger partial charge in [-0.05, 0) is 36.6 Å².